The summed E-state index contributed by atoms with van der Waals surface area (Å²) in [6, 6.07) is 3.45. The second-order valence-electron chi connectivity index (χ2n) is 4.03. The molecule has 18 heavy (non-hydrogen) atoms. The van der Waals surface area contributed by atoms with Crippen LogP contribution in [0.4, 0.5) is 0 Å². The SMILES string of the molecule is CCCCCCOc1c(OC)ccc(C=O)c1Br. The fourth-order valence-electron chi connectivity index (χ4n) is 1.64. The molecule has 100 valence electrons. The molecule has 1 aromatic rings. The predicted octanol–water partition coefficient (Wildman–Crippen LogP) is 4.23. The largest absolute Gasteiger partial charge is 0.493 e. The maximum Gasteiger partial charge on any atom is 0.176 e. The Morgan fingerprint density at radius 3 is 2.67 bits per heavy atom. The van der Waals surface area contributed by atoms with Gasteiger partial charge in [0.2, 0.25) is 0 Å². The molecule has 0 aliphatic carbocycles. The Hall–Kier alpha value is -1.03. The van der Waals surface area contributed by atoms with Gasteiger partial charge in [-0.25, -0.2) is 0 Å². The van der Waals surface area contributed by atoms with Gasteiger partial charge in [-0.3, -0.25) is 4.79 Å². The molecule has 0 amide bonds. The lowest BCUT2D eigenvalue weighted by Gasteiger charge is -2.13. The number of halogens is 1. The Kier molecular flexibility index (Phi) is 6.80. The van der Waals surface area contributed by atoms with Gasteiger partial charge in [0.1, 0.15) is 0 Å². The van der Waals surface area contributed by atoms with E-state index >= 15 is 0 Å². The van der Waals surface area contributed by atoms with E-state index in [-0.39, 0.29) is 0 Å². The molecule has 1 aromatic carbocycles. The van der Waals surface area contributed by atoms with E-state index in [1.165, 1.54) is 12.8 Å². The normalized spacial score (nSPS) is 10.2. The Labute approximate surface area is 117 Å². The zero-order valence-corrected chi connectivity index (χ0v) is 12.5. The van der Waals surface area contributed by atoms with Crippen LogP contribution >= 0.6 is 15.9 Å². The number of aldehydes is 1. The van der Waals surface area contributed by atoms with Gasteiger partial charge in [-0.05, 0) is 34.5 Å². The standard InChI is InChI=1S/C14H19BrO3/c1-3-4-5-6-9-18-14-12(17-2)8-7-11(10-16)13(14)15/h7-8,10H,3-6,9H2,1-2H3. The van der Waals surface area contributed by atoms with E-state index in [2.05, 4.69) is 22.9 Å². The lowest BCUT2D eigenvalue weighted by atomic mass is 10.2. The fourth-order valence-corrected chi connectivity index (χ4v) is 2.18. The quantitative estimate of drug-likeness (QED) is 0.532. The van der Waals surface area contributed by atoms with Crippen LogP contribution in [0.3, 0.4) is 0 Å². The average Bonchev–Trinajstić information content (AvgIpc) is 2.39. The van der Waals surface area contributed by atoms with Crippen molar-refractivity contribution in [3.05, 3.63) is 22.2 Å². The van der Waals surface area contributed by atoms with Gasteiger partial charge < -0.3 is 9.47 Å². The maximum absolute atomic E-state index is 10.9. The molecule has 0 aliphatic heterocycles. The van der Waals surface area contributed by atoms with E-state index in [0.717, 1.165) is 19.1 Å². The van der Waals surface area contributed by atoms with Gasteiger partial charge in [-0.15, -0.1) is 0 Å². The van der Waals surface area contributed by atoms with Gasteiger partial charge in [0.15, 0.2) is 17.8 Å². The molecule has 0 saturated heterocycles. The Morgan fingerprint density at radius 2 is 2.06 bits per heavy atom. The van der Waals surface area contributed by atoms with Crippen molar-refractivity contribution in [2.24, 2.45) is 0 Å². The van der Waals surface area contributed by atoms with Gasteiger partial charge in [-0.2, -0.15) is 0 Å². The molecule has 0 radical (unpaired) electrons. The molecule has 0 unspecified atom stereocenters. The summed E-state index contributed by atoms with van der Waals surface area (Å²) in [7, 11) is 1.59. The topological polar surface area (TPSA) is 35.5 Å². The molecule has 4 heteroatoms. The number of unbranched alkanes of at least 4 members (excludes halogenated alkanes) is 3. The number of benzene rings is 1. The van der Waals surface area contributed by atoms with Crippen LogP contribution in [0.1, 0.15) is 43.0 Å². The Balaban J connectivity index is 2.69. The summed E-state index contributed by atoms with van der Waals surface area (Å²) in [6.07, 6.45) is 5.38. The van der Waals surface area contributed by atoms with Gasteiger partial charge in [0, 0.05) is 5.56 Å². The van der Waals surface area contributed by atoms with Crippen molar-refractivity contribution in [3.8, 4) is 11.5 Å². The van der Waals surface area contributed by atoms with Crippen molar-refractivity contribution in [1.82, 2.24) is 0 Å². The minimum atomic E-state index is 0.569. The van der Waals surface area contributed by atoms with Crippen molar-refractivity contribution >= 4 is 22.2 Å². The Morgan fingerprint density at radius 1 is 1.28 bits per heavy atom. The van der Waals surface area contributed by atoms with Crippen LogP contribution in [0.25, 0.3) is 0 Å². The number of carbonyl (C=O) groups is 1. The first-order chi connectivity index (χ1) is 8.74. The molecule has 0 N–H and O–H groups in total. The fraction of sp³-hybridized carbons (Fsp3) is 0.500. The van der Waals surface area contributed by atoms with Gasteiger partial charge in [0.05, 0.1) is 18.2 Å². The lowest BCUT2D eigenvalue weighted by molar-refractivity contribution is 0.112. The minimum absolute atomic E-state index is 0.569. The minimum Gasteiger partial charge on any atom is -0.493 e. The van der Waals surface area contributed by atoms with Crippen LogP contribution < -0.4 is 9.47 Å². The number of methoxy groups -OCH3 is 1. The monoisotopic (exact) mass is 314 g/mol. The summed E-state index contributed by atoms with van der Waals surface area (Å²) in [5, 5.41) is 0. The molecule has 1 rings (SSSR count). The summed E-state index contributed by atoms with van der Waals surface area (Å²) in [5.74, 6) is 1.25. The number of rotatable bonds is 8. The number of carbonyl (C=O) groups excluding carboxylic acids is 1. The van der Waals surface area contributed by atoms with Crippen molar-refractivity contribution in [2.75, 3.05) is 13.7 Å². The average molecular weight is 315 g/mol. The summed E-state index contributed by atoms with van der Waals surface area (Å²) in [6.45, 7) is 2.81. The lowest BCUT2D eigenvalue weighted by Crippen LogP contribution is -2.01. The number of hydrogen-bond acceptors (Lipinski definition) is 3. The third-order valence-electron chi connectivity index (χ3n) is 2.68. The van der Waals surface area contributed by atoms with Crippen LogP contribution in [0.15, 0.2) is 16.6 Å². The first-order valence-corrected chi connectivity index (χ1v) is 6.98. The zero-order valence-electron chi connectivity index (χ0n) is 10.9. The highest BCUT2D eigenvalue weighted by Crippen LogP contribution is 2.37. The van der Waals surface area contributed by atoms with Gasteiger partial charge in [0.25, 0.3) is 0 Å². The number of ether oxygens (including phenoxy) is 2. The predicted molar refractivity (Wildman–Crippen MR) is 75.7 cm³/mol. The van der Waals surface area contributed by atoms with Crippen LogP contribution in [0.5, 0.6) is 11.5 Å². The van der Waals surface area contributed by atoms with Crippen LogP contribution in [0.2, 0.25) is 0 Å². The molecule has 0 bridgehead atoms. The van der Waals surface area contributed by atoms with E-state index in [4.69, 9.17) is 9.47 Å². The highest BCUT2D eigenvalue weighted by Gasteiger charge is 2.12. The third-order valence-corrected chi connectivity index (χ3v) is 3.50. The van der Waals surface area contributed by atoms with E-state index < -0.39 is 0 Å². The Bertz CT molecular complexity index is 391. The molecule has 0 heterocycles. The molecule has 0 aromatic heterocycles. The molecule has 0 saturated carbocycles. The molecular weight excluding hydrogens is 296 g/mol. The van der Waals surface area contributed by atoms with Crippen LogP contribution in [-0.2, 0) is 0 Å². The highest BCUT2D eigenvalue weighted by atomic mass is 79.9. The first kappa shape index (κ1) is 15.0. The van der Waals surface area contributed by atoms with Crippen molar-refractivity contribution in [1.29, 1.82) is 0 Å². The summed E-state index contributed by atoms with van der Waals surface area (Å²) in [4.78, 5) is 10.9. The molecule has 0 aliphatic rings. The molecule has 0 atom stereocenters. The number of hydrogen-bond donors (Lipinski definition) is 0. The van der Waals surface area contributed by atoms with Crippen molar-refractivity contribution < 1.29 is 14.3 Å². The van der Waals surface area contributed by atoms with Gasteiger partial charge >= 0.3 is 0 Å². The summed E-state index contributed by atoms with van der Waals surface area (Å²) >= 11 is 3.38. The van der Waals surface area contributed by atoms with E-state index in [1.54, 1.807) is 19.2 Å². The zero-order chi connectivity index (χ0) is 13.4. The van der Waals surface area contributed by atoms with E-state index in [9.17, 15) is 4.79 Å². The van der Waals surface area contributed by atoms with Crippen LogP contribution in [0, 0.1) is 0 Å². The molecule has 0 spiro atoms. The second-order valence-corrected chi connectivity index (χ2v) is 4.82. The molecule has 0 fully saturated rings. The first-order valence-electron chi connectivity index (χ1n) is 6.19. The van der Waals surface area contributed by atoms with E-state index in [1.807, 2.05) is 0 Å². The summed E-state index contributed by atoms with van der Waals surface area (Å²) < 4.78 is 11.6. The second kappa shape index (κ2) is 8.14. The van der Waals surface area contributed by atoms with Gasteiger partial charge in [-0.1, -0.05) is 26.2 Å². The smallest absolute Gasteiger partial charge is 0.176 e. The molecule has 3 nitrogen and oxygen atoms in total. The summed E-state index contributed by atoms with van der Waals surface area (Å²) in [5.41, 5.74) is 0.569. The van der Waals surface area contributed by atoms with Crippen LogP contribution in [-0.4, -0.2) is 20.0 Å². The van der Waals surface area contributed by atoms with Crippen molar-refractivity contribution in [2.45, 2.75) is 32.6 Å². The van der Waals surface area contributed by atoms with E-state index in [0.29, 0.717) is 28.1 Å². The maximum atomic E-state index is 10.9. The van der Waals surface area contributed by atoms with Crippen molar-refractivity contribution in [3.63, 3.8) is 0 Å². The highest BCUT2D eigenvalue weighted by molar-refractivity contribution is 9.10. The third kappa shape index (κ3) is 4.02. The molecular formula is C14H19BrO3.